The van der Waals surface area contributed by atoms with Crippen molar-refractivity contribution in [2.24, 2.45) is 0 Å². The van der Waals surface area contributed by atoms with Crippen LogP contribution in [0.2, 0.25) is 0 Å². The molecule has 0 aliphatic rings. The molecule has 0 fully saturated rings. The van der Waals surface area contributed by atoms with E-state index in [2.05, 4.69) is 5.32 Å². The van der Waals surface area contributed by atoms with E-state index in [4.69, 9.17) is 13.9 Å². The summed E-state index contributed by atoms with van der Waals surface area (Å²) >= 11 is 0. The first-order chi connectivity index (χ1) is 11.7. The molecule has 0 spiro atoms. The first-order valence-electron chi connectivity index (χ1n) is 7.24. The fraction of sp³-hybridized carbons (Fsp3) is 0.111. The molecule has 6 nitrogen and oxygen atoms in total. The Morgan fingerprint density at radius 1 is 1.08 bits per heavy atom. The second-order valence-corrected chi connectivity index (χ2v) is 5.01. The molecule has 0 aliphatic heterocycles. The Morgan fingerprint density at radius 3 is 2.58 bits per heavy atom. The number of nitrogens with one attached hydrogen (secondary N) is 1. The molecule has 0 bridgehead atoms. The van der Waals surface area contributed by atoms with E-state index in [9.17, 15) is 9.59 Å². The Morgan fingerprint density at radius 2 is 1.83 bits per heavy atom. The standard InChI is InChI=1S/C18H15NO5/c1-22-13-4-2-12(3-5-13)19-18(21)11-24-14-6-7-15-16(20)8-9-23-17(15)10-14/h2-10H,11H2,1H3,(H,19,21). The van der Waals surface area contributed by atoms with Gasteiger partial charge >= 0.3 is 0 Å². The van der Waals surface area contributed by atoms with Crippen LogP contribution in [0.5, 0.6) is 11.5 Å². The van der Waals surface area contributed by atoms with Crippen molar-refractivity contribution in [1.29, 1.82) is 0 Å². The van der Waals surface area contributed by atoms with Crippen molar-refractivity contribution in [3.8, 4) is 11.5 Å². The second kappa shape index (κ2) is 6.87. The molecule has 0 radical (unpaired) electrons. The molecule has 6 heteroatoms. The van der Waals surface area contributed by atoms with E-state index in [0.717, 1.165) is 0 Å². The summed E-state index contributed by atoms with van der Waals surface area (Å²) in [6.45, 7) is -0.158. The first-order valence-corrected chi connectivity index (χ1v) is 7.24. The molecule has 1 N–H and O–H groups in total. The molecule has 122 valence electrons. The van der Waals surface area contributed by atoms with E-state index in [1.807, 2.05) is 0 Å². The van der Waals surface area contributed by atoms with Gasteiger partial charge in [-0.3, -0.25) is 9.59 Å². The van der Waals surface area contributed by atoms with Crippen molar-refractivity contribution in [2.45, 2.75) is 0 Å². The van der Waals surface area contributed by atoms with Gasteiger partial charge in [0, 0.05) is 17.8 Å². The fourth-order valence-corrected chi connectivity index (χ4v) is 2.17. The van der Waals surface area contributed by atoms with E-state index in [1.165, 1.54) is 12.3 Å². The molecule has 1 heterocycles. The summed E-state index contributed by atoms with van der Waals surface area (Å²) in [6, 6.07) is 13.1. The van der Waals surface area contributed by atoms with Crippen molar-refractivity contribution in [3.63, 3.8) is 0 Å². The minimum absolute atomic E-state index is 0.125. The van der Waals surface area contributed by atoms with Gasteiger partial charge < -0.3 is 19.2 Å². The molecule has 0 saturated carbocycles. The number of benzene rings is 2. The quantitative estimate of drug-likeness (QED) is 0.780. The highest BCUT2D eigenvalue weighted by atomic mass is 16.5. The van der Waals surface area contributed by atoms with E-state index in [0.29, 0.717) is 28.2 Å². The predicted molar refractivity (Wildman–Crippen MR) is 89.6 cm³/mol. The van der Waals surface area contributed by atoms with E-state index in [-0.39, 0.29) is 17.9 Å². The highest BCUT2D eigenvalue weighted by Crippen LogP contribution is 2.19. The van der Waals surface area contributed by atoms with Crippen molar-refractivity contribution in [1.82, 2.24) is 0 Å². The summed E-state index contributed by atoms with van der Waals surface area (Å²) in [7, 11) is 1.58. The maximum absolute atomic E-state index is 11.9. The molecule has 24 heavy (non-hydrogen) atoms. The lowest BCUT2D eigenvalue weighted by Crippen LogP contribution is -2.20. The minimum Gasteiger partial charge on any atom is -0.497 e. The number of carbonyl (C=O) groups is 1. The number of ether oxygens (including phenoxy) is 2. The molecule has 2 aromatic carbocycles. The van der Waals surface area contributed by atoms with Crippen LogP contribution in [0.3, 0.4) is 0 Å². The molecule has 1 aromatic heterocycles. The van der Waals surface area contributed by atoms with Crippen molar-refractivity contribution in [2.75, 3.05) is 19.0 Å². The molecule has 0 atom stereocenters. The van der Waals surface area contributed by atoms with Crippen LogP contribution < -0.4 is 20.2 Å². The molecule has 1 amide bonds. The van der Waals surface area contributed by atoms with Crippen LogP contribution in [0.15, 0.2) is 64.0 Å². The van der Waals surface area contributed by atoms with Gasteiger partial charge in [-0.25, -0.2) is 0 Å². The van der Waals surface area contributed by atoms with E-state index < -0.39 is 0 Å². The Balaban J connectivity index is 1.62. The number of rotatable bonds is 5. The van der Waals surface area contributed by atoms with Crippen molar-refractivity contribution < 1.29 is 18.7 Å². The Labute approximate surface area is 137 Å². The number of methoxy groups -OCH3 is 1. The summed E-state index contributed by atoms with van der Waals surface area (Å²) in [6.07, 6.45) is 1.32. The van der Waals surface area contributed by atoms with Gasteiger partial charge in [-0.15, -0.1) is 0 Å². The average Bonchev–Trinajstić information content (AvgIpc) is 2.61. The third-order valence-corrected chi connectivity index (χ3v) is 3.38. The number of amides is 1. The maximum atomic E-state index is 11.9. The van der Waals surface area contributed by atoms with E-state index >= 15 is 0 Å². The van der Waals surface area contributed by atoms with Gasteiger partial charge in [0.2, 0.25) is 0 Å². The summed E-state index contributed by atoms with van der Waals surface area (Å²) in [5.41, 5.74) is 0.935. The summed E-state index contributed by atoms with van der Waals surface area (Å²) in [5.74, 6) is 0.860. The fourth-order valence-electron chi connectivity index (χ4n) is 2.17. The SMILES string of the molecule is COc1ccc(NC(=O)COc2ccc3c(=O)ccoc3c2)cc1. The van der Waals surface area contributed by atoms with Crippen molar-refractivity contribution >= 4 is 22.6 Å². The average molecular weight is 325 g/mol. The normalized spacial score (nSPS) is 10.4. The highest BCUT2D eigenvalue weighted by molar-refractivity contribution is 5.92. The summed E-state index contributed by atoms with van der Waals surface area (Å²) in [4.78, 5) is 23.5. The molecule has 0 unspecified atom stereocenters. The van der Waals surface area contributed by atoms with Crippen LogP contribution in [0.25, 0.3) is 11.0 Å². The first kappa shape index (κ1) is 15.6. The summed E-state index contributed by atoms with van der Waals surface area (Å²) < 4.78 is 15.8. The van der Waals surface area contributed by atoms with Crippen LogP contribution in [0, 0.1) is 0 Å². The third-order valence-electron chi connectivity index (χ3n) is 3.38. The Bertz CT molecular complexity index is 915. The molecular formula is C18H15NO5. The highest BCUT2D eigenvalue weighted by Gasteiger charge is 2.06. The number of hydrogen-bond donors (Lipinski definition) is 1. The molecule has 3 aromatic rings. The number of fused-ring (bicyclic) bond motifs is 1. The zero-order chi connectivity index (χ0) is 16.9. The van der Waals surface area contributed by atoms with Gasteiger partial charge in [0.05, 0.1) is 18.8 Å². The molecule has 0 aliphatic carbocycles. The Hall–Kier alpha value is -3.28. The van der Waals surface area contributed by atoms with Crippen molar-refractivity contribution in [3.05, 3.63) is 65.0 Å². The van der Waals surface area contributed by atoms with Gasteiger partial charge in [0.1, 0.15) is 17.1 Å². The largest absolute Gasteiger partial charge is 0.497 e. The van der Waals surface area contributed by atoms with Crippen LogP contribution >= 0.6 is 0 Å². The maximum Gasteiger partial charge on any atom is 0.262 e. The zero-order valence-electron chi connectivity index (χ0n) is 12.9. The second-order valence-electron chi connectivity index (χ2n) is 5.01. The van der Waals surface area contributed by atoms with Gasteiger partial charge in [-0.2, -0.15) is 0 Å². The van der Waals surface area contributed by atoms with Gasteiger partial charge in [-0.05, 0) is 36.4 Å². The summed E-state index contributed by atoms with van der Waals surface area (Å²) in [5, 5.41) is 3.18. The van der Waals surface area contributed by atoms with Gasteiger partial charge in [0.25, 0.3) is 5.91 Å². The third kappa shape index (κ3) is 3.55. The lowest BCUT2D eigenvalue weighted by molar-refractivity contribution is -0.118. The lowest BCUT2D eigenvalue weighted by atomic mass is 10.2. The molecule has 0 saturated heterocycles. The number of carbonyl (C=O) groups excluding carboxylic acids is 1. The number of hydrogen-bond acceptors (Lipinski definition) is 5. The van der Waals surface area contributed by atoms with Crippen LogP contribution in [-0.4, -0.2) is 19.6 Å². The van der Waals surface area contributed by atoms with Crippen LogP contribution in [-0.2, 0) is 4.79 Å². The number of anilines is 1. The Kier molecular flexibility index (Phi) is 4.47. The van der Waals surface area contributed by atoms with Crippen LogP contribution in [0.1, 0.15) is 0 Å². The molecule has 3 rings (SSSR count). The lowest BCUT2D eigenvalue weighted by Gasteiger charge is -2.08. The zero-order valence-corrected chi connectivity index (χ0v) is 12.9. The monoisotopic (exact) mass is 325 g/mol. The minimum atomic E-state index is -0.297. The van der Waals surface area contributed by atoms with Crippen LogP contribution in [0.4, 0.5) is 5.69 Å². The van der Waals surface area contributed by atoms with Gasteiger partial charge in [0.15, 0.2) is 12.0 Å². The topological polar surface area (TPSA) is 77.8 Å². The van der Waals surface area contributed by atoms with Gasteiger partial charge in [-0.1, -0.05) is 0 Å². The predicted octanol–water partition coefficient (Wildman–Crippen LogP) is 2.82. The van der Waals surface area contributed by atoms with E-state index in [1.54, 1.807) is 49.6 Å². The smallest absolute Gasteiger partial charge is 0.262 e. The molecular weight excluding hydrogens is 310 g/mol.